The van der Waals surface area contributed by atoms with Gasteiger partial charge >= 0.3 is 177 Å². The van der Waals surface area contributed by atoms with Gasteiger partial charge in [0.15, 0.2) is 0 Å². The molecule has 0 saturated heterocycles. The monoisotopic (exact) mass is 532 g/mol. The summed E-state index contributed by atoms with van der Waals surface area (Å²) in [5.41, 5.74) is 1.48. The van der Waals surface area contributed by atoms with Gasteiger partial charge in [0.25, 0.3) is 0 Å². The molecule has 0 aromatic rings. The molecule has 0 N–H and O–H groups in total. The zero-order valence-corrected chi connectivity index (χ0v) is 23.8. The molecule has 26 heavy (non-hydrogen) atoms. The summed E-state index contributed by atoms with van der Waals surface area (Å²) in [4.78, 5) is 0. The van der Waals surface area contributed by atoms with Crippen LogP contribution in [0.15, 0.2) is 0 Å². The maximum absolute atomic E-state index is 2.63. The van der Waals surface area contributed by atoms with Crippen molar-refractivity contribution in [2.24, 2.45) is 43.3 Å². The molecule has 1 aliphatic carbocycles. The predicted molar refractivity (Wildman–Crippen MR) is 115 cm³/mol. The molecule has 1 aliphatic rings. The van der Waals surface area contributed by atoms with Crippen LogP contribution in [-0.2, 0) is 19.4 Å². The van der Waals surface area contributed by atoms with Crippen LogP contribution in [0.1, 0.15) is 111 Å². The van der Waals surface area contributed by atoms with Gasteiger partial charge in [-0.15, -0.1) is 0 Å². The summed E-state index contributed by atoms with van der Waals surface area (Å²) >= 11 is 1.63. The molecule has 0 aliphatic heterocycles. The second-order valence-electron chi connectivity index (χ2n) is 13.1. The van der Waals surface area contributed by atoms with Gasteiger partial charge in [-0.25, -0.2) is 0 Å². The van der Waals surface area contributed by atoms with Crippen molar-refractivity contribution in [3.63, 3.8) is 0 Å². The van der Waals surface area contributed by atoms with Crippen LogP contribution in [0.25, 0.3) is 0 Å². The fourth-order valence-electron chi connectivity index (χ4n) is 7.00. The molecule has 0 radical (unpaired) electrons. The van der Waals surface area contributed by atoms with E-state index in [1.807, 2.05) is 0 Å². The number of hydrogen-bond donors (Lipinski definition) is 0. The molecule has 154 valence electrons. The zero-order chi connectivity index (χ0) is 21.6. The summed E-state index contributed by atoms with van der Waals surface area (Å²) in [5.74, 6) is 0. The van der Waals surface area contributed by atoms with Crippen LogP contribution in [0.2, 0.25) is 0 Å². The standard InChI is InChI=1S/C25H48.W/c1-17-18(2,3)19(4,5)25(16)23(12,13)21(8,9)20(6,7)22(10,11)24(25,14)15;/h1-16H3;. The Morgan fingerprint density at radius 1 is 0.538 bits per heavy atom. The summed E-state index contributed by atoms with van der Waals surface area (Å²) < 4.78 is 1.62. The molecular weight excluding hydrogens is 484 g/mol. The van der Waals surface area contributed by atoms with E-state index in [1.54, 1.807) is 23.3 Å². The third-order valence-corrected chi connectivity index (χ3v) is 14.3. The van der Waals surface area contributed by atoms with Crippen molar-refractivity contribution in [2.75, 3.05) is 0 Å². The van der Waals surface area contributed by atoms with Crippen molar-refractivity contribution in [2.45, 2.75) is 111 Å². The van der Waals surface area contributed by atoms with E-state index in [1.165, 1.54) is 0 Å². The van der Waals surface area contributed by atoms with Crippen LogP contribution >= 0.6 is 0 Å². The topological polar surface area (TPSA) is 0 Å². The molecule has 0 heterocycles. The SMILES string of the molecule is C[C](=[W])C(C)(C)C(C)(C)C1(C)C(C)(C)C(C)(C)C(C)(C)C(C)(C)C1(C)C. The number of hydrogen-bond acceptors (Lipinski definition) is 0. The summed E-state index contributed by atoms with van der Waals surface area (Å²) in [7, 11) is 0. The molecule has 1 fully saturated rings. The fraction of sp³-hybridized carbons (Fsp3) is 0.960. The Hall–Kier alpha value is 0.558. The second kappa shape index (κ2) is 5.80. The third-order valence-electron chi connectivity index (χ3n) is 12.4. The molecular formula is C25H48W. The van der Waals surface area contributed by atoms with Crippen molar-refractivity contribution < 1.29 is 19.4 Å². The van der Waals surface area contributed by atoms with E-state index in [4.69, 9.17) is 0 Å². The molecule has 0 bridgehead atoms. The van der Waals surface area contributed by atoms with E-state index >= 15 is 0 Å². The fourth-order valence-corrected chi connectivity index (χ4v) is 7.92. The Labute approximate surface area is 177 Å². The molecule has 1 saturated carbocycles. The van der Waals surface area contributed by atoms with Gasteiger partial charge in [0.2, 0.25) is 0 Å². The summed E-state index contributed by atoms with van der Waals surface area (Å²) in [6, 6.07) is 0. The van der Waals surface area contributed by atoms with Crippen molar-refractivity contribution in [3.8, 4) is 0 Å². The molecule has 0 spiro atoms. The Kier molecular flexibility index (Phi) is 5.49. The third kappa shape index (κ3) is 2.21. The van der Waals surface area contributed by atoms with E-state index in [0.717, 1.165) is 0 Å². The van der Waals surface area contributed by atoms with E-state index in [0.29, 0.717) is 0 Å². The van der Waals surface area contributed by atoms with Gasteiger partial charge in [-0.1, -0.05) is 0 Å². The van der Waals surface area contributed by atoms with Crippen LogP contribution in [-0.4, -0.2) is 3.90 Å². The van der Waals surface area contributed by atoms with Gasteiger partial charge in [-0.3, -0.25) is 0 Å². The average Bonchev–Trinajstić information content (AvgIpc) is 2.43. The van der Waals surface area contributed by atoms with Crippen LogP contribution in [0.5, 0.6) is 0 Å². The van der Waals surface area contributed by atoms with Crippen molar-refractivity contribution in [1.82, 2.24) is 0 Å². The van der Waals surface area contributed by atoms with Gasteiger partial charge in [-0.05, 0) is 0 Å². The minimum atomic E-state index is 0.149. The number of rotatable bonds is 3. The van der Waals surface area contributed by atoms with Gasteiger partial charge in [-0.2, -0.15) is 0 Å². The maximum atomic E-state index is 2.63. The minimum absolute atomic E-state index is 0.149. The van der Waals surface area contributed by atoms with Crippen LogP contribution in [0, 0.1) is 43.3 Å². The Balaban J connectivity index is 4.09. The van der Waals surface area contributed by atoms with Gasteiger partial charge in [0, 0.05) is 0 Å². The second-order valence-corrected chi connectivity index (χ2v) is 15.3. The molecule has 0 atom stereocenters. The Morgan fingerprint density at radius 3 is 1.00 bits per heavy atom. The molecule has 0 aromatic carbocycles. The van der Waals surface area contributed by atoms with Gasteiger partial charge in [0.05, 0.1) is 0 Å². The summed E-state index contributed by atoms with van der Waals surface area (Å²) in [6.45, 7) is 40.6. The first kappa shape index (κ1) is 24.6. The van der Waals surface area contributed by atoms with Crippen molar-refractivity contribution in [1.29, 1.82) is 0 Å². The van der Waals surface area contributed by atoms with Crippen LogP contribution < -0.4 is 0 Å². The van der Waals surface area contributed by atoms with Crippen LogP contribution in [0.4, 0.5) is 0 Å². The van der Waals surface area contributed by atoms with E-state index in [9.17, 15) is 0 Å². The summed E-state index contributed by atoms with van der Waals surface area (Å²) in [6.07, 6.45) is 0. The average molecular weight is 532 g/mol. The molecule has 1 heteroatoms. The molecule has 0 aromatic heterocycles. The predicted octanol–water partition coefficient (Wildman–Crippen LogP) is 7.93. The van der Waals surface area contributed by atoms with Gasteiger partial charge in [0.1, 0.15) is 0 Å². The van der Waals surface area contributed by atoms with Crippen molar-refractivity contribution >= 4 is 3.90 Å². The molecule has 0 unspecified atom stereocenters. The van der Waals surface area contributed by atoms with E-state index < -0.39 is 0 Å². The normalized spacial score (nSPS) is 28.5. The first-order valence-electron chi connectivity index (χ1n) is 10.5. The molecule has 1 rings (SSSR count). The molecule has 0 nitrogen and oxygen atoms in total. The van der Waals surface area contributed by atoms with E-state index in [-0.39, 0.29) is 43.3 Å². The van der Waals surface area contributed by atoms with Crippen molar-refractivity contribution in [3.05, 3.63) is 0 Å². The first-order valence-corrected chi connectivity index (χ1v) is 11.9. The van der Waals surface area contributed by atoms with Gasteiger partial charge < -0.3 is 0 Å². The zero-order valence-electron chi connectivity index (χ0n) is 20.9. The summed E-state index contributed by atoms with van der Waals surface area (Å²) in [5, 5.41) is 0. The quantitative estimate of drug-likeness (QED) is 0.346. The van der Waals surface area contributed by atoms with Crippen LogP contribution in [0.3, 0.4) is 0 Å². The molecule has 0 amide bonds. The first-order chi connectivity index (χ1) is 10.9. The van der Waals surface area contributed by atoms with E-state index in [2.05, 4.69) is 111 Å². The Bertz CT molecular complexity index is 564. The Morgan fingerprint density at radius 2 is 0.769 bits per heavy atom.